The molecule has 0 saturated carbocycles. The van der Waals surface area contributed by atoms with Crippen LogP contribution in [0.4, 0.5) is 0 Å². The molecule has 0 heterocycles. The lowest BCUT2D eigenvalue weighted by atomic mass is 10.0. The number of unbranched alkanes of at least 4 members (excludes halogenated alkanes) is 24. The van der Waals surface area contributed by atoms with Gasteiger partial charge >= 0.3 is 0 Å². The standard InChI is InChI=1S/C31H66O3Si2.C19H38O3/c1-12-13-14-15-16-17-18-19-20-21-22-23-24-25-26-32-27-29(34-36(10,11)31(5,6)7)28-33-35(8,9)30(2,3)4;1-2-3-4-5-6-7-8-9-10-11-12-13-14-15-16-22-18-19(21)17-20/h25-26,29H,12-24,27-28H2,1-11H3;15-16,19-21H,2-14,17-18H2,1H3/b26-25-;16-15-. The van der Waals surface area contributed by atoms with Crippen LogP contribution in [0.2, 0.25) is 36.3 Å². The van der Waals surface area contributed by atoms with Crippen LogP contribution in [-0.4, -0.2) is 65.5 Å². The molecule has 0 fully saturated rings. The highest BCUT2D eigenvalue weighted by molar-refractivity contribution is 6.74. The zero-order valence-corrected chi connectivity index (χ0v) is 43.2. The van der Waals surface area contributed by atoms with E-state index in [0.717, 1.165) is 12.8 Å². The Bertz CT molecular complexity index is 924. The third kappa shape index (κ3) is 37.1. The SMILES string of the molecule is CCCCCCCCCCCCCC/C=C\OCC(CO[Si](C)(C)C(C)(C)C)O[Si](C)(C)C(C)(C)C.CCCCCCCCCCCCCC/C=C\OCC(O)CO. The van der Waals surface area contributed by atoms with Crippen LogP contribution >= 0.6 is 0 Å². The highest BCUT2D eigenvalue weighted by Crippen LogP contribution is 2.39. The molecule has 6 nitrogen and oxygen atoms in total. The first kappa shape index (κ1) is 59.4. The zero-order valence-electron chi connectivity index (χ0n) is 41.2. The lowest BCUT2D eigenvalue weighted by molar-refractivity contribution is 0.0383. The molecule has 348 valence electrons. The van der Waals surface area contributed by atoms with E-state index < -0.39 is 22.7 Å². The number of ether oxygens (including phenoxy) is 2. The number of rotatable bonds is 38. The lowest BCUT2D eigenvalue weighted by Gasteiger charge is -2.41. The van der Waals surface area contributed by atoms with E-state index in [1.165, 1.54) is 154 Å². The van der Waals surface area contributed by atoms with Gasteiger partial charge in [0.25, 0.3) is 0 Å². The summed E-state index contributed by atoms with van der Waals surface area (Å²) in [6.45, 7) is 28.7. The summed E-state index contributed by atoms with van der Waals surface area (Å²) in [5.41, 5.74) is 0. The Morgan fingerprint density at radius 1 is 0.466 bits per heavy atom. The number of allylic oxidation sites excluding steroid dienone is 2. The number of aliphatic hydroxyl groups is 2. The molecular formula is C50H104O6Si2. The molecule has 0 aliphatic heterocycles. The Labute approximate surface area is 365 Å². The van der Waals surface area contributed by atoms with E-state index in [1.54, 1.807) is 6.26 Å². The molecule has 0 spiro atoms. The van der Waals surface area contributed by atoms with Crippen LogP contribution in [0.1, 0.15) is 222 Å². The van der Waals surface area contributed by atoms with Gasteiger partial charge in [0.05, 0.1) is 25.7 Å². The summed E-state index contributed by atoms with van der Waals surface area (Å²) in [6, 6.07) is 0. The van der Waals surface area contributed by atoms with Crippen molar-refractivity contribution in [1.82, 2.24) is 0 Å². The number of hydrogen-bond donors (Lipinski definition) is 2. The number of aliphatic hydroxyl groups excluding tert-OH is 2. The highest BCUT2D eigenvalue weighted by Gasteiger charge is 2.41. The van der Waals surface area contributed by atoms with E-state index in [-0.39, 0.29) is 29.4 Å². The van der Waals surface area contributed by atoms with Crippen molar-refractivity contribution in [3.05, 3.63) is 24.7 Å². The molecule has 0 aliphatic carbocycles. The van der Waals surface area contributed by atoms with Gasteiger partial charge in [-0.25, -0.2) is 0 Å². The fraction of sp³-hybridized carbons (Fsp3) is 0.920. The van der Waals surface area contributed by atoms with Gasteiger partial charge in [0.2, 0.25) is 0 Å². The van der Waals surface area contributed by atoms with E-state index in [1.807, 2.05) is 12.3 Å². The fourth-order valence-corrected chi connectivity index (χ4v) is 8.45. The molecule has 0 rings (SSSR count). The topological polar surface area (TPSA) is 77.4 Å². The van der Waals surface area contributed by atoms with Crippen molar-refractivity contribution in [3.8, 4) is 0 Å². The van der Waals surface area contributed by atoms with Crippen LogP contribution in [0.5, 0.6) is 0 Å². The van der Waals surface area contributed by atoms with Crippen molar-refractivity contribution >= 4 is 16.6 Å². The van der Waals surface area contributed by atoms with Crippen LogP contribution in [0.15, 0.2) is 24.7 Å². The molecule has 0 aliphatic rings. The van der Waals surface area contributed by atoms with E-state index >= 15 is 0 Å². The highest BCUT2D eigenvalue weighted by atomic mass is 28.4. The number of hydrogen-bond acceptors (Lipinski definition) is 6. The quantitative estimate of drug-likeness (QED) is 0.0366. The van der Waals surface area contributed by atoms with Gasteiger partial charge in [-0.05, 0) is 74.1 Å². The molecule has 2 atom stereocenters. The second kappa shape index (κ2) is 38.1. The van der Waals surface area contributed by atoms with E-state index in [2.05, 4.69) is 87.7 Å². The molecule has 0 aromatic carbocycles. The van der Waals surface area contributed by atoms with Gasteiger partial charge in [-0.2, -0.15) is 0 Å². The van der Waals surface area contributed by atoms with E-state index in [0.29, 0.717) is 13.2 Å². The smallest absolute Gasteiger partial charge is 0.192 e. The predicted octanol–water partition coefficient (Wildman–Crippen LogP) is 16.0. The first-order valence-corrected chi connectivity index (χ1v) is 30.4. The van der Waals surface area contributed by atoms with E-state index in [4.69, 9.17) is 28.5 Å². The summed E-state index contributed by atoms with van der Waals surface area (Å²) in [7, 11) is -3.71. The van der Waals surface area contributed by atoms with Crippen LogP contribution in [0, 0.1) is 0 Å². The summed E-state index contributed by atoms with van der Waals surface area (Å²) in [5, 5.41) is 18.0. The molecule has 0 saturated heterocycles. The maximum Gasteiger partial charge on any atom is 0.192 e. The second-order valence-electron chi connectivity index (χ2n) is 20.2. The normalized spacial score (nSPS) is 13.9. The fourth-order valence-electron chi connectivity index (χ4n) is 6.09. The molecule has 0 aromatic heterocycles. The monoisotopic (exact) mass is 857 g/mol. The Morgan fingerprint density at radius 2 is 0.793 bits per heavy atom. The average molecular weight is 858 g/mol. The van der Waals surface area contributed by atoms with Crippen molar-refractivity contribution in [2.75, 3.05) is 26.4 Å². The molecule has 0 aromatic rings. The molecule has 2 unspecified atom stereocenters. The minimum Gasteiger partial charge on any atom is -0.499 e. The van der Waals surface area contributed by atoms with Crippen molar-refractivity contribution in [2.45, 2.75) is 271 Å². The Morgan fingerprint density at radius 3 is 1.12 bits per heavy atom. The Balaban J connectivity index is 0. The molecule has 2 N–H and O–H groups in total. The summed E-state index contributed by atoms with van der Waals surface area (Å²) >= 11 is 0. The van der Waals surface area contributed by atoms with Crippen LogP contribution in [0.25, 0.3) is 0 Å². The molecule has 58 heavy (non-hydrogen) atoms. The van der Waals surface area contributed by atoms with Crippen molar-refractivity contribution in [2.24, 2.45) is 0 Å². The van der Waals surface area contributed by atoms with Crippen LogP contribution in [-0.2, 0) is 18.3 Å². The first-order chi connectivity index (χ1) is 27.4. The van der Waals surface area contributed by atoms with Crippen molar-refractivity contribution in [1.29, 1.82) is 0 Å². The zero-order chi connectivity index (χ0) is 44.0. The van der Waals surface area contributed by atoms with Gasteiger partial charge in [0.1, 0.15) is 25.4 Å². The third-order valence-electron chi connectivity index (χ3n) is 12.3. The minimum absolute atomic E-state index is 0.0173. The maximum absolute atomic E-state index is 9.06. The summed E-state index contributed by atoms with van der Waals surface area (Å²) in [4.78, 5) is 0. The van der Waals surface area contributed by atoms with Gasteiger partial charge in [0.15, 0.2) is 16.6 Å². The molecule has 0 amide bonds. The molecular weight excluding hydrogens is 753 g/mol. The van der Waals surface area contributed by atoms with Crippen LogP contribution in [0.3, 0.4) is 0 Å². The van der Waals surface area contributed by atoms with Gasteiger partial charge in [-0.3, -0.25) is 0 Å². The van der Waals surface area contributed by atoms with Gasteiger partial charge in [-0.1, -0.05) is 197 Å². The third-order valence-corrected chi connectivity index (χ3v) is 21.4. The van der Waals surface area contributed by atoms with Crippen molar-refractivity contribution < 1.29 is 28.5 Å². The largest absolute Gasteiger partial charge is 0.499 e. The van der Waals surface area contributed by atoms with Gasteiger partial charge in [0, 0.05) is 0 Å². The molecule has 0 bridgehead atoms. The summed E-state index contributed by atoms with van der Waals surface area (Å²) < 4.78 is 24.3. The lowest BCUT2D eigenvalue weighted by Crippen LogP contribution is -2.49. The first-order valence-electron chi connectivity index (χ1n) is 24.6. The predicted molar refractivity (Wildman–Crippen MR) is 260 cm³/mol. The van der Waals surface area contributed by atoms with Crippen LogP contribution < -0.4 is 0 Å². The molecule has 8 heteroatoms. The van der Waals surface area contributed by atoms with Gasteiger partial charge < -0.3 is 28.5 Å². The van der Waals surface area contributed by atoms with Gasteiger partial charge in [-0.15, -0.1) is 0 Å². The van der Waals surface area contributed by atoms with Crippen molar-refractivity contribution in [3.63, 3.8) is 0 Å². The summed E-state index contributed by atoms with van der Waals surface area (Å²) in [6.07, 6.45) is 42.2. The summed E-state index contributed by atoms with van der Waals surface area (Å²) in [5.74, 6) is 0. The maximum atomic E-state index is 9.06. The van der Waals surface area contributed by atoms with E-state index in [9.17, 15) is 0 Å². The Kier molecular flexibility index (Phi) is 39.0. The minimum atomic E-state index is -1.89. The average Bonchev–Trinajstić information content (AvgIpc) is 3.15. The molecule has 0 radical (unpaired) electrons. The Hall–Kier alpha value is -0.646. The second-order valence-corrected chi connectivity index (χ2v) is 29.7.